The number of hydrogen-bond donors (Lipinski definition) is 2. The second-order valence-electron chi connectivity index (χ2n) is 5.82. The summed E-state index contributed by atoms with van der Waals surface area (Å²) in [7, 11) is -3.55. The first-order valence-corrected chi connectivity index (χ1v) is 9.80. The number of amides is 1. The third-order valence-electron chi connectivity index (χ3n) is 3.71. The van der Waals surface area contributed by atoms with E-state index < -0.39 is 10.0 Å². The Morgan fingerprint density at radius 3 is 2.42 bits per heavy atom. The molecule has 1 aromatic heterocycles. The van der Waals surface area contributed by atoms with Crippen molar-refractivity contribution >= 4 is 15.9 Å². The van der Waals surface area contributed by atoms with E-state index in [2.05, 4.69) is 15.0 Å². The topological polar surface area (TPSA) is 97.4 Å². The minimum absolute atomic E-state index is 0.139. The van der Waals surface area contributed by atoms with E-state index in [4.69, 9.17) is 4.74 Å². The lowest BCUT2D eigenvalue weighted by molar-refractivity contribution is -0.123. The Labute approximate surface area is 153 Å². The fraction of sp³-hybridized carbons (Fsp3) is 0.333. The number of hydrogen-bond acceptors (Lipinski definition) is 5. The predicted molar refractivity (Wildman–Crippen MR) is 98.1 cm³/mol. The van der Waals surface area contributed by atoms with Crippen LogP contribution in [-0.4, -0.2) is 32.0 Å². The normalized spacial score (nSPS) is 12.4. The van der Waals surface area contributed by atoms with Crippen molar-refractivity contribution in [2.75, 3.05) is 6.61 Å². The SMILES string of the molecule is CCC(C)NS(=O)(=O)c1ccc(OCC(=O)NCc2ccncc2)cc1. The number of carbonyl (C=O) groups excluding carboxylic acids is 1. The molecule has 0 aliphatic carbocycles. The summed E-state index contributed by atoms with van der Waals surface area (Å²) in [6.45, 7) is 3.95. The van der Waals surface area contributed by atoms with E-state index in [9.17, 15) is 13.2 Å². The Kier molecular flexibility index (Phi) is 7.11. The summed E-state index contributed by atoms with van der Waals surface area (Å²) >= 11 is 0. The molecule has 1 heterocycles. The minimum Gasteiger partial charge on any atom is -0.484 e. The number of nitrogens with zero attached hydrogens (tertiary/aromatic N) is 1. The molecule has 0 saturated heterocycles. The Hall–Kier alpha value is -2.45. The van der Waals surface area contributed by atoms with Crippen LogP contribution in [0.3, 0.4) is 0 Å². The average molecular weight is 377 g/mol. The summed E-state index contributed by atoms with van der Waals surface area (Å²) < 4.78 is 32.3. The van der Waals surface area contributed by atoms with Gasteiger partial charge in [0, 0.05) is 25.0 Å². The van der Waals surface area contributed by atoms with Gasteiger partial charge in [-0.1, -0.05) is 6.92 Å². The van der Waals surface area contributed by atoms with Gasteiger partial charge in [-0.2, -0.15) is 0 Å². The Balaban J connectivity index is 1.84. The molecule has 2 N–H and O–H groups in total. The molecule has 26 heavy (non-hydrogen) atoms. The van der Waals surface area contributed by atoms with Gasteiger partial charge in [0.15, 0.2) is 6.61 Å². The molecular weight excluding hydrogens is 354 g/mol. The zero-order valence-electron chi connectivity index (χ0n) is 14.8. The minimum atomic E-state index is -3.55. The monoisotopic (exact) mass is 377 g/mol. The van der Waals surface area contributed by atoms with Crippen molar-refractivity contribution in [3.63, 3.8) is 0 Å². The molecule has 1 amide bonds. The van der Waals surface area contributed by atoms with Gasteiger partial charge in [0.2, 0.25) is 10.0 Å². The van der Waals surface area contributed by atoms with E-state index in [0.717, 1.165) is 5.56 Å². The third-order valence-corrected chi connectivity index (χ3v) is 5.32. The van der Waals surface area contributed by atoms with Crippen molar-refractivity contribution < 1.29 is 17.9 Å². The van der Waals surface area contributed by atoms with Gasteiger partial charge in [0.05, 0.1) is 4.90 Å². The molecule has 0 aliphatic rings. The number of sulfonamides is 1. The largest absolute Gasteiger partial charge is 0.484 e. The number of aromatic nitrogens is 1. The molecule has 2 rings (SSSR count). The van der Waals surface area contributed by atoms with Crippen molar-refractivity contribution in [2.24, 2.45) is 0 Å². The van der Waals surface area contributed by atoms with E-state index in [-0.39, 0.29) is 23.5 Å². The maximum Gasteiger partial charge on any atom is 0.258 e. The van der Waals surface area contributed by atoms with Crippen LogP contribution >= 0.6 is 0 Å². The lowest BCUT2D eigenvalue weighted by atomic mass is 10.3. The number of rotatable bonds is 9. The quantitative estimate of drug-likeness (QED) is 0.695. The molecule has 0 aliphatic heterocycles. The van der Waals surface area contributed by atoms with Crippen LogP contribution in [0.4, 0.5) is 0 Å². The van der Waals surface area contributed by atoms with Crippen molar-refractivity contribution in [3.8, 4) is 5.75 Å². The van der Waals surface area contributed by atoms with Crippen LogP contribution in [0, 0.1) is 0 Å². The lowest BCUT2D eigenvalue weighted by Crippen LogP contribution is -2.32. The average Bonchev–Trinajstić information content (AvgIpc) is 2.65. The number of nitrogens with one attached hydrogen (secondary N) is 2. The highest BCUT2D eigenvalue weighted by molar-refractivity contribution is 7.89. The zero-order valence-corrected chi connectivity index (χ0v) is 15.6. The molecule has 1 atom stereocenters. The molecular formula is C18H23N3O4S. The molecule has 1 aromatic carbocycles. The van der Waals surface area contributed by atoms with Gasteiger partial charge in [0.1, 0.15) is 5.75 Å². The summed E-state index contributed by atoms with van der Waals surface area (Å²) in [5.74, 6) is 0.156. The van der Waals surface area contributed by atoms with Gasteiger partial charge in [-0.25, -0.2) is 13.1 Å². The summed E-state index contributed by atoms with van der Waals surface area (Å²) in [6, 6.07) is 9.45. The predicted octanol–water partition coefficient (Wildman–Crippen LogP) is 1.85. The summed E-state index contributed by atoms with van der Waals surface area (Å²) in [6.07, 6.45) is 4.02. The molecule has 0 spiro atoms. The first kappa shape index (κ1) is 19.9. The van der Waals surface area contributed by atoms with Crippen molar-refractivity contribution in [3.05, 3.63) is 54.4 Å². The van der Waals surface area contributed by atoms with Gasteiger partial charge in [-0.15, -0.1) is 0 Å². The van der Waals surface area contributed by atoms with Crippen LogP contribution in [0.5, 0.6) is 5.75 Å². The van der Waals surface area contributed by atoms with E-state index in [1.54, 1.807) is 19.3 Å². The van der Waals surface area contributed by atoms with Gasteiger partial charge in [-0.05, 0) is 55.3 Å². The van der Waals surface area contributed by atoms with Crippen molar-refractivity contribution in [1.82, 2.24) is 15.0 Å². The van der Waals surface area contributed by atoms with Gasteiger partial charge in [-0.3, -0.25) is 9.78 Å². The van der Waals surface area contributed by atoms with Crippen LogP contribution < -0.4 is 14.8 Å². The molecule has 8 heteroatoms. The second-order valence-corrected chi connectivity index (χ2v) is 7.54. The highest BCUT2D eigenvalue weighted by atomic mass is 32.2. The van der Waals surface area contributed by atoms with Crippen LogP contribution in [0.2, 0.25) is 0 Å². The molecule has 0 radical (unpaired) electrons. The molecule has 1 unspecified atom stereocenters. The van der Waals surface area contributed by atoms with Gasteiger partial charge < -0.3 is 10.1 Å². The second kappa shape index (κ2) is 9.30. The Morgan fingerprint density at radius 2 is 1.81 bits per heavy atom. The molecule has 140 valence electrons. The summed E-state index contributed by atoms with van der Waals surface area (Å²) in [5.41, 5.74) is 0.941. The maximum atomic E-state index is 12.2. The number of ether oxygens (including phenoxy) is 1. The van der Waals surface area contributed by atoms with E-state index in [1.165, 1.54) is 24.3 Å². The third kappa shape index (κ3) is 6.12. The van der Waals surface area contributed by atoms with Crippen LogP contribution in [0.1, 0.15) is 25.8 Å². The first-order chi connectivity index (χ1) is 12.4. The Morgan fingerprint density at radius 1 is 1.15 bits per heavy atom. The lowest BCUT2D eigenvalue weighted by Gasteiger charge is -2.12. The van der Waals surface area contributed by atoms with Crippen molar-refractivity contribution in [1.29, 1.82) is 0 Å². The summed E-state index contributed by atoms with van der Waals surface area (Å²) in [4.78, 5) is 15.9. The standard InChI is InChI=1S/C18H23N3O4S/c1-3-14(2)21-26(23,24)17-6-4-16(5-7-17)25-13-18(22)20-12-15-8-10-19-11-9-15/h4-11,14,21H,3,12-13H2,1-2H3,(H,20,22). The molecule has 0 bridgehead atoms. The number of benzene rings is 1. The van der Waals surface area contributed by atoms with Gasteiger partial charge >= 0.3 is 0 Å². The highest BCUT2D eigenvalue weighted by Crippen LogP contribution is 2.16. The maximum absolute atomic E-state index is 12.2. The van der Waals surface area contributed by atoms with Gasteiger partial charge in [0.25, 0.3) is 5.91 Å². The van der Waals surface area contributed by atoms with Crippen molar-refractivity contribution in [2.45, 2.75) is 37.8 Å². The first-order valence-electron chi connectivity index (χ1n) is 8.31. The molecule has 2 aromatic rings. The van der Waals surface area contributed by atoms with E-state index in [1.807, 2.05) is 19.1 Å². The van der Waals surface area contributed by atoms with E-state index in [0.29, 0.717) is 18.7 Å². The Bertz CT molecular complexity index is 808. The zero-order chi connectivity index (χ0) is 19.0. The molecule has 0 saturated carbocycles. The fourth-order valence-corrected chi connectivity index (χ4v) is 3.36. The van der Waals surface area contributed by atoms with E-state index >= 15 is 0 Å². The number of carbonyl (C=O) groups is 1. The number of pyridine rings is 1. The van der Waals surface area contributed by atoms with Crippen LogP contribution in [-0.2, 0) is 21.4 Å². The van der Waals surface area contributed by atoms with Crippen LogP contribution in [0.15, 0.2) is 53.7 Å². The summed E-state index contributed by atoms with van der Waals surface area (Å²) in [5, 5.41) is 2.74. The molecule has 7 nitrogen and oxygen atoms in total. The van der Waals surface area contributed by atoms with Crippen LogP contribution in [0.25, 0.3) is 0 Å². The fourth-order valence-electron chi connectivity index (χ4n) is 2.03. The highest BCUT2D eigenvalue weighted by Gasteiger charge is 2.16. The molecule has 0 fully saturated rings. The smallest absolute Gasteiger partial charge is 0.258 e.